The molecule has 0 N–H and O–H groups in total. The van der Waals surface area contributed by atoms with Crippen molar-refractivity contribution in [2.24, 2.45) is 0 Å². The van der Waals surface area contributed by atoms with Crippen LogP contribution in [0.25, 0.3) is 0 Å². The maximum Gasteiger partial charge on any atom is 0.0496 e. The lowest BCUT2D eigenvalue weighted by molar-refractivity contribution is -0.171. The highest BCUT2D eigenvalue weighted by Crippen LogP contribution is 2.63. The van der Waals surface area contributed by atoms with Gasteiger partial charge in [-0.05, 0) is 31.2 Å². The minimum Gasteiger partial charge on any atom is -0.287 e. The Labute approximate surface area is 84.7 Å². The standard InChI is InChI=1S/C13H15N/c1-2-4-10(5-3-1)13-8-11-6-7-12(9-13)14(11)13/h1-5,11-12H,6-9H2. The molecule has 0 saturated carbocycles. The van der Waals surface area contributed by atoms with Crippen molar-refractivity contribution in [1.82, 2.24) is 4.90 Å². The molecule has 0 spiro atoms. The first kappa shape index (κ1) is 7.47. The van der Waals surface area contributed by atoms with Gasteiger partial charge in [0.25, 0.3) is 0 Å². The second-order valence-corrected chi connectivity index (χ2v) is 5.10. The first-order chi connectivity index (χ1) is 6.90. The van der Waals surface area contributed by atoms with E-state index in [1.165, 1.54) is 25.7 Å². The Morgan fingerprint density at radius 3 is 2.29 bits per heavy atom. The summed E-state index contributed by atoms with van der Waals surface area (Å²) in [5.74, 6) is 0. The molecule has 1 nitrogen and oxygen atoms in total. The summed E-state index contributed by atoms with van der Waals surface area (Å²) >= 11 is 0. The van der Waals surface area contributed by atoms with Crippen LogP contribution in [0.3, 0.4) is 0 Å². The monoisotopic (exact) mass is 185 g/mol. The van der Waals surface area contributed by atoms with Crippen molar-refractivity contribution in [1.29, 1.82) is 0 Å². The van der Waals surface area contributed by atoms with Crippen molar-refractivity contribution >= 4 is 0 Å². The molecular weight excluding hydrogens is 170 g/mol. The summed E-state index contributed by atoms with van der Waals surface area (Å²) in [5, 5.41) is 0. The highest BCUT2D eigenvalue weighted by atomic mass is 15.4. The summed E-state index contributed by atoms with van der Waals surface area (Å²) in [6, 6.07) is 13.0. The molecular formula is C13H15N. The Bertz CT molecular complexity index is 356. The summed E-state index contributed by atoms with van der Waals surface area (Å²) in [6.07, 6.45) is 5.76. The first-order valence-electron chi connectivity index (χ1n) is 5.74. The van der Waals surface area contributed by atoms with E-state index in [0.717, 1.165) is 12.1 Å². The van der Waals surface area contributed by atoms with Crippen molar-refractivity contribution in [3.8, 4) is 0 Å². The molecule has 4 rings (SSSR count). The number of benzene rings is 1. The minimum atomic E-state index is 0.493. The lowest BCUT2D eigenvalue weighted by Crippen LogP contribution is -2.72. The molecule has 3 fully saturated rings. The van der Waals surface area contributed by atoms with Gasteiger partial charge < -0.3 is 0 Å². The summed E-state index contributed by atoms with van der Waals surface area (Å²) in [6.45, 7) is 0. The molecule has 1 heteroatoms. The predicted molar refractivity (Wildman–Crippen MR) is 56.0 cm³/mol. The molecule has 14 heavy (non-hydrogen) atoms. The van der Waals surface area contributed by atoms with Crippen LogP contribution in [0.2, 0.25) is 0 Å². The Hall–Kier alpha value is -0.820. The van der Waals surface area contributed by atoms with Crippen LogP contribution in [0.15, 0.2) is 30.3 Å². The van der Waals surface area contributed by atoms with Gasteiger partial charge in [0, 0.05) is 17.6 Å². The first-order valence-corrected chi connectivity index (χ1v) is 5.74. The van der Waals surface area contributed by atoms with Crippen molar-refractivity contribution in [2.45, 2.75) is 43.3 Å². The molecule has 3 heterocycles. The smallest absolute Gasteiger partial charge is 0.0496 e. The van der Waals surface area contributed by atoms with Crippen LogP contribution in [-0.4, -0.2) is 17.0 Å². The van der Waals surface area contributed by atoms with Crippen molar-refractivity contribution < 1.29 is 0 Å². The number of rotatable bonds is 1. The van der Waals surface area contributed by atoms with Crippen LogP contribution in [0, 0.1) is 0 Å². The van der Waals surface area contributed by atoms with Gasteiger partial charge in [-0.1, -0.05) is 30.3 Å². The summed E-state index contributed by atoms with van der Waals surface area (Å²) in [7, 11) is 0. The Morgan fingerprint density at radius 1 is 1.00 bits per heavy atom. The Balaban J connectivity index is 1.75. The number of hydrogen-bond acceptors (Lipinski definition) is 1. The highest BCUT2D eigenvalue weighted by Gasteiger charge is 2.66. The summed E-state index contributed by atoms with van der Waals surface area (Å²) in [5.41, 5.74) is 2.06. The molecule has 0 radical (unpaired) electrons. The van der Waals surface area contributed by atoms with Gasteiger partial charge in [-0.3, -0.25) is 4.90 Å². The zero-order valence-corrected chi connectivity index (χ0v) is 8.32. The normalized spacial score (nSPS) is 44.0. The van der Waals surface area contributed by atoms with E-state index in [0.29, 0.717) is 5.54 Å². The lowest BCUT2D eigenvalue weighted by Gasteiger charge is -2.67. The van der Waals surface area contributed by atoms with E-state index in [-0.39, 0.29) is 0 Å². The van der Waals surface area contributed by atoms with Crippen LogP contribution in [0.4, 0.5) is 0 Å². The maximum absolute atomic E-state index is 2.78. The molecule has 0 aliphatic carbocycles. The lowest BCUT2D eigenvalue weighted by atomic mass is 9.64. The van der Waals surface area contributed by atoms with Crippen molar-refractivity contribution in [3.63, 3.8) is 0 Å². The van der Waals surface area contributed by atoms with E-state index in [4.69, 9.17) is 0 Å². The molecule has 3 aliphatic rings. The van der Waals surface area contributed by atoms with Crippen LogP contribution in [0.1, 0.15) is 31.2 Å². The average molecular weight is 185 g/mol. The third-order valence-electron chi connectivity index (χ3n) is 4.57. The predicted octanol–water partition coefficient (Wildman–Crippen LogP) is 2.52. The van der Waals surface area contributed by atoms with Crippen LogP contribution < -0.4 is 0 Å². The fraction of sp³-hybridized carbons (Fsp3) is 0.538. The van der Waals surface area contributed by atoms with Crippen LogP contribution in [0.5, 0.6) is 0 Å². The van der Waals surface area contributed by atoms with Gasteiger partial charge in [0.05, 0.1) is 0 Å². The number of hydrogen-bond donors (Lipinski definition) is 0. The molecule has 1 aromatic carbocycles. The Kier molecular flexibility index (Phi) is 1.18. The molecule has 0 aromatic heterocycles. The average Bonchev–Trinajstić information content (AvgIpc) is 2.40. The molecule has 72 valence electrons. The van der Waals surface area contributed by atoms with Crippen molar-refractivity contribution in [2.75, 3.05) is 0 Å². The molecule has 3 saturated heterocycles. The highest BCUT2D eigenvalue weighted by molar-refractivity contribution is 5.35. The Morgan fingerprint density at radius 2 is 1.64 bits per heavy atom. The zero-order valence-electron chi connectivity index (χ0n) is 8.32. The van der Waals surface area contributed by atoms with E-state index < -0.39 is 0 Å². The largest absolute Gasteiger partial charge is 0.287 e. The zero-order chi connectivity index (χ0) is 9.17. The molecule has 1 aromatic rings. The molecule has 2 unspecified atom stereocenters. The second-order valence-electron chi connectivity index (χ2n) is 5.10. The molecule has 0 bridgehead atoms. The molecule has 2 atom stereocenters. The number of nitrogens with zero attached hydrogens (tertiary/aromatic N) is 1. The van der Waals surface area contributed by atoms with Crippen LogP contribution >= 0.6 is 0 Å². The summed E-state index contributed by atoms with van der Waals surface area (Å²) in [4.78, 5) is 2.78. The fourth-order valence-electron chi connectivity index (χ4n) is 4.04. The quantitative estimate of drug-likeness (QED) is 0.650. The maximum atomic E-state index is 2.78. The third kappa shape index (κ3) is 0.651. The van der Waals surface area contributed by atoms with E-state index in [1.54, 1.807) is 5.56 Å². The van der Waals surface area contributed by atoms with Gasteiger partial charge in [0.1, 0.15) is 0 Å². The SMILES string of the molecule is c1ccc(C23CC4CCC(C2)N43)cc1. The summed E-state index contributed by atoms with van der Waals surface area (Å²) < 4.78 is 0. The van der Waals surface area contributed by atoms with E-state index in [9.17, 15) is 0 Å². The molecule has 0 amide bonds. The van der Waals surface area contributed by atoms with Gasteiger partial charge in [0.15, 0.2) is 0 Å². The minimum absolute atomic E-state index is 0.493. The van der Waals surface area contributed by atoms with Gasteiger partial charge in [0.2, 0.25) is 0 Å². The topological polar surface area (TPSA) is 3.24 Å². The third-order valence-corrected chi connectivity index (χ3v) is 4.57. The van der Waals surface area contributed by atoms with Crippen molar-refractivity contribution in [3.05, 3.63) is 35.9 Å². The number of piperidine rings is 1. The van der Waals surface area contributed by atoms with E-state index in [2.05, 4.69) is 35.2 Å². The van der Waals surface area contributed by atoms with Crippen LogP contribution in [-0.2, 0) is 5.54 Å². The fourth-order valence-corrected chi connectivity index (χ4v) is 4.04. The van der Waals surface area contributed by atoms with Gasteiger partial charge in [-0.25, -0.2) is 0 Å². The van der Waals surface area contributed by atoms with E-state index >= 15 is 0 Å². The van der Waals surface area contributed by atoms with Gasteiger partial charge >= 0.3 is 0 Å². The molecule has 3 aliphatic heterocycles. The van der Waals surface area contributed by atoms with Gasteiger partial charge in [-0.2, -0.15) is 0 Å². The second kappa shape index (κ2) is 2.22. The van der Waals surface area contributed by atoms with Gasteiger partial charge in [-0.15, -0.1) is 0 Å². The van der Waals surface area contributed by atoms with E-state index in [1.807, 2.05) is 0 Å².